The minimum absolute atomic E-state index is 0.496. The van der Waals surface area contributed by atoms with Crippen LogP contribution in [-0.4, -0.2) is 25.0 Å². The van der Waals surface area contributed by atoms with Crippen LogP contribution in [0, 0.1) is 5.92 Å². The molecule has 0 radical (unpaired) electrons. The fourth-order valence-electron chi connectivity index (χ4n) is 1.61. The van der Waals surface area contributed by atoms with E-state index in [-0.39, 0.29) is 0 Å². The van der Waals surface area contributed by atoms with Crippen LogP contribution in [-0.2, 0) is 6.54 Å². The Bertz CT molecular complexity index is 342. The molecule has 0 spiro atoms. The zero-order valence-corrected chi connectivity index (χ0v) is 11.2. The Labute approximate surface area is 107 Å². The number of rotatable bonds is 5. The highest BCUT2D eigenvalue weighted by atomic mass is 35.5. The van der Waals surface area contributed by atoms with Crippen molar-refractivity contribution >= 4 is 23.2 Å². The second-order valence-electron chi connectivity index (χ2n) is 4.27. The second-order valence-corrected chi connectivity index (χ2v) is 5.12. The molecule has 0 fully saturated rings. The fraction of sp³-hybridized carbons (Fsp3) is 0.500. The van der Waals surface area contributed by atoms with Gasteiger partial charge >= 0.3 is 0 Å². The summed E-state index contributed by atoms with van der Waals surface area (Å²) in [5.41, 5.74) is 6.69. The lowest BCUT2D eigenvalue weighted by atomic mass is 10.1. The summed E-state index contributed by atoms with van der Waals surface area (Å²) in [6.45, 7) is 4.63. The lowest BCUT2D eigenvalue weighted by molar-refractivity contribution is 0.282. The molecule has 0 amide bonds. The molecule has 1 aromatic carbocycles. The molecule has 90 valence electrons. The van der Waals surface area contributed by atoms with Crippen LogP contribution in [0.4, 0.5) is 0 Å². The molecule has 1 unspecified atom stereocenters. The Morgan fingerprint density at radius 3 is 2.62 bits per heavy atom. The van der Waals surface area contributed by atoms with Gasteiger partial charge in [0.15, 0.2) is 0 Å². The van der Waals surface area contributed by atoms with E-state index in [1.807, 2.05) is 12.1 Å². The molecule has 0 heterocycles. The fourth-order valence-corrected chi connectivity index (χ4v) is 2.08. The minimum Gasteiger partial charge on any atom is -0.330 e. The number of hydrogen-bond acceptors (Lipinski definition) is 2. The van der Waals surface area contributed by atoms with E-state index in [1.165, 1.54) is 0 Å². The van der Waals surface area contributed by atoms with E-state index < -0.39 is 0 Å². The van der Waals surface area contributed by atoms with Gasteiger partial charge in [-0.2, -0.15) is 0 Å². The Balaban J connectivity index is 2.59. The van der Waals surface area contributed by atoms with Gasteiger partial charge < -0.3 is 10.6 Å². The standard InChI is InChI=1S/C12H18Cl2N2/c1-9(6-15)7-16(2)8-10-3-4-11(13)5-12(10)14/h3-5,9H,6-8,15H2,1-2H3. The predicted molar refractivity (Wildman–Crippen MR) is 71.0 cm³/mol. The van der Waals surface area contributed by atoms with Crippen molar-refractivity contribution in [3.05, 3.63) is 33.8 Å². The largest absolute Gasteiger partial charge is 0.330 e. The normalized spacial score (nSPS) is 13.1. The summed E-state index contributed by atoms with van der Waals surface area (Å²) in [6, 6.07) is 5.61. The van der Waals surface area contributed by atoms with E-state index in [1.54, 1.807) is 6.07 Å². The monoisotopic (exact) mass is 260 g/mol. The Kier molecular flexibility index (Phi) is 5.56. The van der Waals surface area contributed by atoms with Crippen molar-refractivity contribution < 1.29 is 0 Å². The van der Waals surface area contributed by atoms with Gasteiger partial charge in [0.2, 0.25) is 0 Å². The molecule has 4 heteroatoms. The summed E-state index contributed by atoms with van der Waals surface area (Å²) in [5, 5.41) is 1.39. The maximum Gasteiger partial charge on any atom is 0.0465 e. The number of halogens is 2. The number of benzene rings is 1. The molecule has 2 nitrogen and oxygen atoms in total. The van der Waals surface area contributed by atoms with Crippen molar-refractivity contribution in [1.29, 1.82) is 0 Å². The first-order valence-corrected chi connectivity index (χ1v) is 6.11. The highest BCUT2D eigenvalue weighted by Crippen LogP contribution is 2.22. The van der Waals surface area contributed by atoms with Crippen molar-refractivity contribution in [3.63, 3.8) is 0 Å². The quantitative estimate of drug-likeness (QED) is 0.882. The molecule has 16 heavy (non-hydrogen) atoms. The van der Waals surface area contributed by atoms with E-state index in [4.69, 9.17) is 28.9 Å². The Morgan fingerprint density at radius 2 is 2.06 bits per heavy atom. The lowest BCUT2D eigenvalue weighted by Crippen LogP contribution is -2.28. The molecule has 0 aliphatic rings. The van der Waals surface area contributed by atoms with Gasteiger partial charge in [-0.3, -0.25) is 0 Å². The van der Waals surface area contributed by atoms with Crippen molar-refractivity contribution in [2.75, 3.05) is 20.1 Å². The molecule has 1 rings (SSSR count). The smallest absolute Gasteiger partial charge is 0.0465 e. The first-order valence-electron chi connectivity index (χ1n) is 5.35. The molecule has 0 aliphatic heterocycles. The van der Waals surface area contributed by atoms with Crippen LogP contribution in [0.15, 0.2) is 18.2 Å². The molecule has 0 aromatic heterocycles. The summed E-state index contributed by atoms with van der Waals surface area (Å²) in [4.78, 5) is 2.21. The van der Waals surface area contributed by atoms with Crippen molar-refractivity contribution in [2.24, 2.45) is 11.7 Å². The average molecular weight is 261 g/mol. The van der Waals surface area contributed by atoms with Gasteiger partial charge in [0.05, 0.1) is 0 Å². The first kappa shape index (κ1) is 13.8. The van der Waals surface area contributed by atoms with Crippen molar-refractivity contribution in [3.8, 4) is 0 Å². The number of nitrogens with zero attached hydrogens (tertiary/aromatic N) is 1. The third-order valence-corrected chi connectivity index (χ3v) is 3.07. The molecule has 0 saturated heterocycles. The van der Waals surface area contributed by atoms with E-state index >= 15 is 0 Å². The van der Waals surface area contributed by atoms with Crippen LogP contribution in [0.5, 0.6) is 0 Å². The van der Waals surface area contributed by atoms with Gasteiger partial charge in [-0.25, -0.2) is 0 Å². The van der Waals surface area contributed by atoms with Gasteiger partial charge in [-0.05, 0) is 37.2 Å². The topological polar surface area (TPSA) is 29.3 Å². The van der Waals surface area contributed by atoms with Crippen LogP contribution in [0.2, 0.25) is 10.0 Å². The highest BCUT2D eigenvalue weighted by Gasteiger charge is 2.08. The SMILES string of the molecule is CC(CN)CN(C)Cc1ccc(Cl)cc1Cl. The van der Waals surface area contributed by atoms with Gasteiger partial charge in [-0.1, -0.05) is 36.2 Å². The van der Waals surface area contributed by atoms with Crippen LogP contribution in [0.3, 0.4) is 0 Å². The molecule has 1 aromatic rings. The van der Waals surface area contributed by atoms with Gasteiger partial charge in [-0.15, -0.1) is 0 Å². The molecule has 0 aliphatic carbocycles. The second kappa shape index (κ2) is 6.45. The molecule has 0 saturated carbocycles. The first-order chi connectivity index (χ1) is 7.52. The van der Waals surface area contributed by atoms with Crippen molar-refractivity contribution in [1.82, 2.24) is 4.90 Å². The van der Waals surface area contributed by atoms with E-state index in [9.17, 15) is 0 Å². The molecule has 1 atom stereocenters. The summed E-state index contributed by atoms with van der Waals surface area (Å²) in [7, 11) is 2.07. The van der Waals surface area contributed by atoms with E-state index in [2.05, 4.69) is 18.9 Å². The maximum atomic E-state index is 6.11. The van der Waals surface area contributed by atoms with Crippen LogP contribution in [0.25, 0.3) is 0 Å². The van der Waals surface area contributed by atoms with E-state index in [0.717, 1.165) is 23.7 Å². The van der Waals surface area contributed by atoms with Crippen LogP contribution < -0.4 is 5.73 Å². The summed E-state index contributed by atoms with van der Waals surface area (Å²) in [6.07, 6.45) is 0. The average Bonchev–Trinajstić information content (AvgIpc) is 2.22. The van der Waals surface area contributed by atoms with Gasteiger partial charge in [0.25, 0.3) is 0 Å². The Morgan fingerprint density at radius 1 is 1.38 bits per heavy atom. The van der Waals surface area contributed by atoms with E-state index in [0.29, 0.717) is 17.5 Å². The predicted octanol–water partition coefficient (Wildman–Crippen LogP) is 3.02. The Hall–Kier alpha value is -0.280. The third-order valence-electron chi connectivity index (χ3n) is 2.48. The van der Waals surface area contributed by atoms with Crippen molar-refractivity contribution in [2.45, 2.75) is 13.5 Å². The molecule has 0 bridgehead atoms. The summed E-state index contributed by atoms with van der Waals surface area (Å²) < 4.78 is 0. The number of nitrogens with two attached hydrogens (primary N) is 1. The summed E-state index contributed by atoms with van der Waals surface area (Å²) in [5.74, 6) is 0.496. The molecular weight excluding hydrogens is 243 g/mol. The maximum absolute atomic E-state index is 6.11. The lowest BCUT2D eigenvalue weighted by Gasteiger charge is -2.20. The zero-order chi connectivity index (χ0) is 12.1. The minimum atomic E-state index is 0.496. The highest BCUT2D eigenvalue weighted by molar-refractivity contribution is 6.35. The zero-order valence-electron chi connectivity index (χ0n) is 9.71. The third kappa shape index (κ3) is 4.30. The molecular formula is C12H18Cl2N2. The molecule has 2 N–H and O–H groups in total. The van der Waals surface area contributed by atoms with Crippen LogP contribution in [0.1, 0.15) is 12.5 Å². The number of hydrogen-bond donors (Lipinski definition) is 1. The summed E-state index contributed by atoms with van der Waals surface area (Å²) >= 11 is 12.0. The van der Waals surface area contributed by atoms with Gasteiger partial charge in [0, 0.05) is 23.1 Å². The van der Waals surface area contributed by atoms with Gasteiger partial charge in [0.1, 0.15) is 0 Å². The van der Waals surface area contributed by atoms with Crippen LogP contribution >= 0.6 is 23.2 Å².